The standard InChI is InChI=1S/C30H50N8O3/c1-16(2)37(13-23-26(39)27(40)30(41-23)38-15-34-25-28(31)32-14-33-29(25)38)20-10-17(11-20)6-9-24-35-21-8-7-19(12-22(21)36-24)18-4-3-5-18/h7-8,12,16-18,20,23-30,32-36,39-40H,3-6,9-11,13-15,31H2,1-2H3. The molecule has 0 aromatic heterocycles. The quantitative estimate of drug-likeness (QED) is 0.214. The lowest BCUT2D eigenvalue weighted by molar-refractivity contribution is -0.112. The average molecular weight is 571 g/mol. The summed E-state index contributed by atoms with van der Waals surface area (Å²) in [5, 5.41) is 39.5. The molecule has 8 unspecified atom stereocenters. The monoisotopic (exact) mass is 570 g/mol. The highest BCUT2D eigenvalue weighted by molar-refractivity contribution is 5.75. The van der Waals surface area contributed by atoms with Gasteiger partial charge in [0, 0.05) is 25.3 Å². The summed E-state index contributed by atoms with van der Waals surface area (Å²) in [6, 6.07) is 7.77. The van der Waals surface area contributed by atoms with E-state index in [4.69, 9.17) is 10.5 Å². The molecule has 4 heterocycles. The molecule has 41 heavy (non-hydrogen) atoms. The van der Waals surface area contributed by atoms with Crippen molar-refractivity contribution in [3.8, 4) is 0 Å². The molecule has 5 fully saturated rings. The number of anilines is 2. The van der Waals surface area contributed by atoms with Crippen LogP contribution in [0.2, 0.25) is 0 Å². The van der Waals surface area contributed by atoms with E-state index in [-0.39, 0.29) is 18.4 Å². The van der Waals surface area contributed by atoms with Gasteiger partial charge in [-0.15, -0.1) is 0 Å². The van der Waals surface area contributed by atoms with Gasteiger partial charge in [-0.1, -0.05) is 12.5 Å². The fourth-order valence-corrected chi connectivity index (χ4v) is 7.96. The molecule has 4 aliphatic heterocycles. The zero-order valence-electron chi connectivity index (χ0n) is 24.5. The number of nitrogens with two attached hydrogens (primary N) is 1. The van der Waals surface area contributed by atoms with Crippen LogP contribution in [0.25, 0.3) is 0 Å². The highest BCUT2D eigenvalue weighted by Crippen LogP contribution is 2.42. The van der Waals surface area contributed by atoms with E-state index in [1.807, 2.05) is 0 Å². The number of hydrogen-bond acceptors (Lipinski definition) is 11. The van der Waals surface area contributed by atoms with Gasteiger partial charge in [0.1, 0.15) is 24.5 Å². The second kappa shape index (κ2) is 11.5. The molecule has 0 amide bonds. The fraction of sp³-hybridized carbons (Fsp3) is 0.800. The second-order valence-electron chi connectivity index (χ2n) is 13.6. The second-order valence-corrected chi connectivity index (χ2v) is 13.6. The molecular formula is C30H50N8O3. The third kappa shape index (κ3) is 5.38. The first-order valence-electron chi connectivity index (χ1n) is 16.0. The molecule has 2 aliphatic carbocycles. The third-order valence-electron chi connectivity index (χ3n) is 10.8. The summed E-state index contributed by atoms with van der Waals surface area (Å²) >= 11 is 0. The highest BCUT2D eigenvalue weighted by Gasteiger charge is 2.52. The molecule has 3 saturated heterocycles. The Bertz CT molecular complexity index is 1070. The van der Waals surface area contributed by atoms with Gasteiger partial charge in [0.25, 0.3) is 0 Å². The van der Waals surface area contributed by atoms with Crippen LogP contribution in [0, 0.1) is 5.92 Å². The Hall–Kier alpha value is -1.54. The molecule has 1 aromatic carbocycles. The van der Waals surface area contributed by atoms with Crippen molar-refractivity contribution in [3.63, 3.8) is 0 Å². The van der Waals surface area contributed by atoms with Gasteiger partial charge in [-0.3, -0.25) is 20.9 Å². The maximum atomic E-state index is 11.0. The lowest BCUT2D eigenvalue weighted by Gasteiger charge is -2.46. The van der Waals surface area contributed by atoms with Crippen LogP contribution in [0.1, 0.15) is 70.3 Å². The molecule has 6 aliphatic rings. The number of aliphatic hydroxyl groups is 2. The number of fused-ring (bicyclic) bond motifs is 2. The van der Waals surface area contributed by atoms with Crippen LogP contribution >= 0.6 is 0 Å². The minimum absolute atomic E-state index is 0.0171. The Labute approximate surface area is 243 Å². The number of aliphatic hydroxyl groups excluding tert-OH is 2. The van der Waals surface area contributed by atoms with Gasteiger partial charge < -0.3 is 31.3 Å². The van der Waals surface area contributed by atoms with Crippen LogP contribution < -0.4 is 32.3 Å². The van der Waals surface area contributed by atoms with Crippen molar-refractivity contribution in [1.82, 2.24) is 25.8 Å². The molecule has 228 valence electrons. The predicted molar refractivity (Wildman–Crippen MR) is 159 cm³/mol. The molecule has 11 heteroatoms. The molecule has 0 radical (unpaired) electrons. The molecule has 1 aromatic rings. The smallest absolute Gasteiger partial charge is 0.142 e. The summed E-state index contributed by atoms with van der Waals surface area (Å²) in [5.41, 5.74) is 10.2. The number of ether oxygens (including phenoxy) is 1. The predicted octanol–water partition coefficient (Wildman–Crippen LogP) is 0.826. The van der Waals surface area contributed by atoms with Gasteiger partial charge in [0.15, 0.2) is 0 Å². The van der Waals surface area contributed by atoms with Crippen LogP contribution in [0.3, 0.4) is 0 Å². The van der Waals surface area contributed by atoms with Gasteiger partial charge in [0.2, 0.25) is 0 Å². The van der Waals surface area contributed by atoms with Crippen LogP contribution in [0.4, 0.5) is 11.4 Å². The maximum absolute atomic E-state index is 11.0. The Balaban J connectivity index is 0.889. The van der Waals surface area contributed by atoms with Gasteiger partial charge in [-0.2, -0.15) is 0 Å². The van der Waals surface area contributed by atoms with Gasteiger partial charge >= 0.3 is 0 Å². The van der Waals surface area contributed by atoms with Crippen LogP contribution in [-0.2, 0) is 4.74 Å². The van der Waals surface area contributed by atoms with Crippen molar-refractivity contribution in [1.29, 1.82) is 0 Å². The van der Waals surface area contributed by atoms with Crippen LogP contribution in [0.15, 0.2) is 18.2 Å². The van der Waals surface area contributed by atoms with E-state index in [0.717, 1.165) is 18.3 Å². The molecule has 2 saturated carbocycles. The van der Waals surface area contributed by atoms with E-state index < -0.39 is 24.5 Å². The largest absolute Gasteiger partial charge is 0.387 e. The zero-order valence-corrected chi connectivity index (χ0v) is 24.5. The average Bonchev–Trinajstić information content (AvgIpc) is 3.58. The molecule has 7 rings (SSSR count). The third-order valence-corrected chi connectivity index (χ3v) is 10.8. The Morgan fingerprint density at radius 3 is 2.61 bits per heavy atom. The van der Waals surface area contributed by atoms with Gasteiger partial charge in [-0.25, -0.2) is 4.90 Å². The molecule has 0 spiro atoms. The number of rotatable bonds is 9. The first-order chi connectivity index (χ1) is 19.9. The lowest BCUT2D eigenvalue weighted by Crippen LogP contribution is -2.68. The number of benzene rings is 1. The molecular weight excluding hydrogens is 520 g/mol. The number of nitrogens with one attached hydrogen (secondary N) is 5. The summed E-state index contributed by atoms with van der Waals surface area (Å²) in [6.45, 7) is 6.21. The van der Waals surface area contributed by atoms with Crippen molar-refractivity contribution < 1.29 is 14.9 Å². The molecule has 0 bridgehead atoms. The topological polar surface area (TPSA) is 142 Å². The van der Waals surface area contributed by atoms with E-state index >= 15 is 0 Å². The highest BCUT2D eigenvalue weighted by atomic mass is 16.6. The summed E-state index contributed by atoms with van der Waals surface area (Å²) < 4.78 is 6.39. The molecule has 11 nitrogen and oxygen atoms in total. The van der Waals surface area contributed by atoms with Crippen molar-refractivity contribution in [2.45, 2.75) is 126 Å². The first kappa shape index (κ1) is 28.2. The normalized spacial score (nSPS) is 40.7. The minimum atomic E-state index is -0.961. The summed E-state index contributed by atoms with van der Waals surface area (Å²) in [4.78, 5) is 4.54. The minimum Gasteiger partial charge on any atom is -0.387 e. The van der Waals surface area contributed by atoms with Crippen molar-refractivity contribution in [2.24, 2.45) is 11.7 Å². The first-order valence-corrected chi connectivity index (χ1v) is 16.0. The van der Waals surface area contributed by atoms with E-state index in [0.29, 0.717) is 38.1 Å². The van der Waals surface area contributed by atoms with Crippen LogP contribution in [-0.4, -0.2) is 101 Å². The molecule has 9 N–H and O–H groups in total. The van der Waals surface area contributed by atoms with Crippen molar-refractivity contribution >= 4 is 11.4 Å². The summed E-state index contributed by atoms with van der Waals surface area (Å²) in [7, 11) is 0. The Kier molecular flexibility index (Phi) is 7.93. The van der Waals surface area contributed by atoms with E-state index in [1.54, 1.807) is 0 Å². The summed E-state index contributed by atoms with van der Waals surface area (Å²) in [6.07, 6.45) is 5.91. The lowest BCUT2D eigenvalue weighted by atomic mass is 9.76. The van der Waals surface area contributed by atoms with Gasteiger partial charge in [0.05, 0.1) is 42.6 Å². The number of hydrogen-bond donors (Lipinski definition) is 8. The maximum Gasteiger partial charge on any atom is 0.142 e. The Morgan fingerprint density at radius 1 is 1.05 bits per heavy atom. The van der Waals surface area contributed by atoms with E-state index in [2.05, 4.69) is 68.4 Å². The van der Waals surface area contributed by atoms with E-state index in [9.17, 15) is 10.2 Å². The van der Waals surface area contributed by atoms with E-state index in [1.165, 1.54) is 55.5 Å². The molecule has 8 atom stereocenters. The number of nitrogens with zero attached hydrogens (tertiary/aromatic N) is 2. The van der Waals surface area contributed by atoms with Crippen LogP contribution in [0.5, 0.6) is 0 Å². The Morgan fingerprint density at radius 2 is 1.85 bits per heavy atom. The summed E-state index contributed by atoms with van der Waals surface area (Å²) in [5.74, 6) is 1.48. The fourth-order valence-electron chi connectivity index (χ4n) is 7.96. The van der Waals surface area contributed by atoms with Gasteiger partial charge in [-0.05, 0) is 81.9 Å². The zero-order chi connectivity index (χ0) is 28.2. The SMILES string of the molecule is CC(C)N(CC1OC(N2CNC3C(N)NCNC32)C(O)C1O)C1CC(CCC2Nc3ccc(C4CCC4)cc3N2)C1. The van der Waals surface area contributed by atoms with Crippen molar-refractivity contribution in [2.75, 3.05) is 30.5 Å². The van der Waals surface area contributed by atoms with Crippen molar-refractivity contribution in [3.05, 3.63) is 23.8 Å².